The number of hydrogen-bond acceptors (Lipinski definition) is 5. The molecule has 1 atom stereocenters. The molecule has 1 unspecified atom stereocenters. The van der Waals surface area contributed by atoms with Gasteiger partial charge in [-0.3, -0.25) is 9.20 Å². The van der Waals surface area contributed by atoms with Gasteiger partial charge in [-0.2, -0.15) is 0 Å². The van der Waals surface area contributed by atoms with Crippen LogP contribution in [-0.2, 0) is 6.61 Å². The van der Waals surface area contributed by atoms with Crippen LogP contribution >= 0.6 is 0 Å². The lowest BCUT2D eigenvalue weighted by Gasteiger charge is -2.23. The van der Waals surface area contributed by atoms with Gasteiger partial charge in [0.2, 0.25) is 0 Å². The minimum absolute atomic E-state index is 0.00236. The minimum Gasteiger partial charge on any atom is -0.487 e. The molecule has 1 aromatic carbocycles. The van der Waals surface area contributed by atoms with Crippen LogP contribution < -0.4 is 4.74 Å². The van der Waals surface area contributed by atoms with E-state index in [-0.39, 0.29) is 11.9 Å². The zero-order chi connectivity index (χ0) is 23.1. The Labute approximate surface area is 196 Å². The van der Waals surface area contributed by atoms with Crippen LogP contribution in [0.25, 0.3) is 11.3 Å². The SMILES string of the molecule is Cc1ccc2nc(COc3ccc(C(=O)N4CCCC4c4nnc5ccccn45)cc3)cn2c1. The number of hydrogen-bond donors (Lipinski definition) is 0. The Kier molecular flexibility index (Phi) is 4.98. The van der Waals surface area contributed by atoms with Crippen molar-refractivity contribution in [2.24, 2.45) is 0 Å². The molecule has 0 N–H and O–H groups in total. The molecule has 0 bridgehead atoms. The summed E-state index contributed by atoms with van der Waals surface area (Å²) in [5.41, 5.74) is 4.35. The number of rotatable bonds is 5. The van der Waals surface area contributed by atoms with E-state index in [9.17, 15) is 4.79 Å². The number of fused-ring (bicyclic) bond motifs is 2. The van der Waals surface area contributed by atoms with E-state index in [1.54, 1.807) is 0 Å². The van der Waals surface area contributed by atoms with Crippen LogP contribution in [0.3, 0.4) is 0 Å². The molecule has 1 saturated heterocycles. The molecule has 1 aliphatic rings. The van der Waals surface area contributed by atoms with E-state index in [4.69, 9.17) is 4.74 Å². The highest BCUT2D eigenvalue weighted by Gasteiger charge is 2.33. The predicted octanol–water partition coefficient (Wildman–Crippen LogP) is 4.24. The molecule has 1 amide bonds. The Morgan fingerprint density at radius 3 is 2.79 bits per heavy atom. The smallest absolute Gasteiger partial charge is 0.254 e. The van der Waals surface area contributed by atoms with Gasteiger partial charge >= 0.3 is 0 Å². The Morgan fingerprint density at radius 1 is 1.03 bits per heavy atom. The number of carbonyl (C=O) groups excluding carboxylic acids is 1. The maximum absolute atomic E-state index is 13.3. The number of benzene rings is 1. The first-order valence-electron chi connectivity index (χ1n) is 11.4. The van der Waals surface area contributed by atoms with Crippen LogP contribution in [0, 0.1) is 6.92 Å². The highest BCUT2D eigenvalue weighted by molar-refractivity contribution is 5.94. The zero-order valence-corrected chi connectivity index (χ0v) is 18.8. The Hall–Kier alpha value is -4.20. The van der Waals surface area contributed by atoms with Crippen LogP contribution in [0.1, 0.15) is 46.3 Å². The summed E-state index contributed by atoms with van der Waals surface area (Å²) >= 11 is 0. The molecule has 0 aliphatic carbocycles. The van der Waals surface area contributed by atoms with Crippen molar-refractivity contribution in [2.45, 2.75) is 32.4 Å². The van der Waals surface area contributed by atoms with E-state index in [1.807, 2.05) is 86.9 Å². The second-order valence-electron chi connectivity index (χ2n) is 8.66. The van der Waals surface area contributed by atoms with Gasteiger partial charge in [0.15, 0.2) is 11.5 Å². The number of carbonyl (C=O) groups is 1. The number of imidazole rings is 1. The lowest BCUT2D eigenvalue weighted by molar-refractivity contribution is 0.0729. The summed E-state index contributed by atoms with van der Waals surface area (Å²) in [5.74, 6) is 1.51. The van der Waals surface area contributed by atoms with Crippen LogP contribution in [-0.4, -0.2) is 41.3 Å². The normalized spacial score (nSPS) is 15.9. The second kappa shape index (κ2) is 8.30. The molecular formula is C26H24N6O2. The van der Waals surface area contributed by atoms with E-state index in [1.165, 1.54) is 5.56 Å². The summed E-state index contributed by atoms with van der Waals surface area (Å²) in [4.78, 5) is 19.8. The van der Waals surface area contributed by atoms with Crippen molar-refractivity contribution in [1.82, 2.24) is 28.9 Å². The predicted molar refractivity (Wildman–Crippen MR) is 127 cm³/mol. The topological polar surface area (TPSA) is 77.0 Å². The second-order valence-corrected chi connectivity index (χ2v) is 8.66. The first-order chi connectivity index (χ1) is 16.7. The molecular weight excluding hydrogens is 428 g/mol. The summed E-state index contributed by atoms with van der Waals surface area (Å²) in [6.45, 7) is 3.12. The Morgan fingerprint density at radius 2 is 1.91 bits per heavy atom. The van der Waals surface area contributed by atoms with Gasteiger partial charge in [-0.15, -0.1) is 10.2 Å². The van der Waals surface area contributed by atoms with Crippen molar-refractivity contribution >= 4 is 17.2 Å². The number of likely N-dealkylation sites (tertiary alicyclic amines) is 1. The highest BCUT2D eigenvalue weighted by atomic mass is 16.5. The third kappa shape index (κ3) is 3.67. The molecule has 8 heteroatoms. The summed E-state index contributed by atoms with van der Waals surface area (Å²) < 4.78 is 9.88. The summed E-state index contributed by atoms with van der Waals surface area (Å²) in [7, 11) is 0. The number of pyridine rings is 2. The third-order valence-corrected chi connectivity index (χ3v) is 6.29. The molecule has 5 heterocycles. The summed E-state index contributed by atoms with van der Waals surface area (Å²) in [6.07, 6.45) is 7.78. The molecule has 0 saturated carbocycles. The van der Waals surface area contributed by atoms with Crippen LogP contribution in [0.5, 0.6) is 5.75 Å². The number of nitrogens with zero attached hydrogens (tertiary/aromatic N) is 6. The van der Waals surface area contributed by atoms with Crippen molar-refractivity contribution in [1.29, 1.82) is 0 Å². The number of aryl methyl sites for hydroxylation is 1. The summed E-state index contributed by atoms with van der Waals surface area (Å²) in [6, 6.07) is 17.1. The zero-order valence-electron chi connectivity index (χ0n) is 18.8. The fourth-order valence-corrected chi connectivity index (χ4v) is 4.61. The van der Waals surface area contributed by atoms with Crippen LogP contribution in [0.2, 0.25) is 0 Å². The molecule has 1 fully saturated rings. The number of ether oxygens (including phenoxy) is 1. The molecule has 0 radical (unpaired) electrons. The van der Waals surface area contributed by atoms with Crippen molar-refractivity contribution in [3.05, 3.63) is 95.8 Å². The van der Waals surface area contributed by atoms with Gasteiger partial charge < -0.3 is 14.0 Å². The average Bonchev–Trinajstić information content (AvgIpc) is 3.59. The average molecular weight is 453 g/mol. The lowest BCUT2D eigenvalue weighted by Crippen LogP contribution is -2.31. The highest BCUT2D eigenvalue weighted by Crippen LogP contribution is 2.32. The fourth-order valence-electron chi connectivity index (χ4n) is 4.61. The van der Waals surface area contributed by atoms with Gasteiger partial charge in [0, 0.05) is 30.7 Å². The quantitative estimate of drug-likeness (QED) is 0.399. The van der Waals surface area contributed by atoms with E-state index in [0.717, 1.165) is 35.7 Å². The molecule has 34 heavy (non-hydrogen) atoms. The maximum Gasteiger partial charge on any atom is 0.254 e. The van der Waals surface area contributed by atoms with Crippen molar-refractivity contribution in [2.75, 3.05) is 6.54 Å². The monoisotopic (exact) mass is 452 g/mol. The van der Waals surface area contributed by atoms with Crippen LogP contribution in [0.4, 0.5) is 0 Å². The Bertz CT molecular complexity index is 1490. The molecule has 8 nitrogen and oxygen atoms in total. The van der Waals surface area contributed by atoms with Gasteiger partial charge in [-0.1, -0.05) is 12.1 Å². The lowest BCUT2D eigenvalue weighted by atomic mass is 10.1. The largest absolute Gasteiger partial charge is 0.487 e. The van der Waals surface area contributed by atoms with E-state index in [2.05, 4.69) is 22.1 Å². The van der Waals surface area contributed by atoms with Crippen LogP contribution in [0.15, 0.2) is 73.2 Å². The number of aromatic nitrogens is 5. The van der Waals surface area contributed by atoms with Gasteiger partial charge in [0.1, 0.15) is 18.0 Å². The molecule has 0 spiro atoms. The first-order valence-corrected chi connectivity index (χ1v) is 11.4. The minimum atomic E-state index is -0.0838. The fraction of sp³-hybridized carbons (Fsp3) is 0.231. The third-order valence-electron chi connectivity index (χ3n) is 6.29. The number of amides is 1. The van der Waals surface area contributed by atoms with E-state index < -0.39 is 0 Å². The molecule has 6 rings (SSSR count). The Balaban J connectivity index is 1.15. The van der Waals surface area contributed by atoms with E-state index in [0.29, 0.717) is 24.5 Å². The van der Waals surface area contributed by atoms with Crippen molar-refractivity contribution in [3.8, 4) is 5.75 Å². The van der Waals surface area contributed by atoms with Crippen molar-refractivity contribution in [3.63, 3.8) is 0 Å². The van der Waals surface area contributed by atoms with Gasteiger partial charge in [-0.25, -0.2) is 4.98 Å². The standard InChI is InChI=1S/C26H24N6O2/c1-18-7-12-23-27-20(16-30(23)15-18)17-34-21-10-8-19(9-11-21)26(33)31-14-4-5-22(31)25-29-28-24-6-2-3-13-32(24)25/h2-3,6-13,15-16,22H,4-5,14,17H2,1H3. The summed E-state index contributed by atoms with van der Waals surface area (Å²) in [5, 5.41) is 8.64. The first kappa shape index (κ1) is 20.4. The molecule has 4 aromatic heterocycles. The van der Waals surface area contributed by atoms with E-state index >= 15 is 0 Å². The van der Waals surface area contributed by atoms with Gasteiger partial charge in [0.05, 0.1) is 11.7 Å². The molecule has 170 valence electrons. The van der Waals surface area contributed by atoms with Gasteiger partial charge in [0.25, 0.3) is 5.91 Å². The molecule has 1 aliphatic heterocycles. The molecule has 5 aromatic rings. The van der Waals surface area contributed by atoms with Crippen molar-refractivity contribution < 1.29 is 9.53 Å². The van der Waals surface area contributed by atoms with Gasteiger partial charge in [-0.05, 0) is 67.8 Å². The maximum atomic E-state index is 13.3.